The smallest absolute Gasteiger partial charge is 0.289 e. The van der Waals surface area contributed by atoms with Gasteiger partial charge in [-0.25, -0.2) is 0 Å². The lowest BCUT2D eigenvalue weighted by atomic mass is 9.82. The fraction of sp³-hybridized carbons (Fsp3) is 1.00. The molecule has 0 spiro atoms. The monoisotopic (exact) mass is 224 g/mol. The van der Waals surface area contributed by atoms with Crippen LogP contribution in [0.3, 0.4) is 0 Å². The lowest BCUT2D eigenvalue weighted by Crippen LogP contribution is -2.28. The van der Waals surface area contributed by atoms with Crippen molar-refractivity contribution in [2.75, 3.05) is 0 Å². The topological polar surface area (TPSA) is 9.23 Å². The van der Waals surface area contributed by atoms with E-state index in [0.717, 1.165) is 19.3 Å². The van der Waals surface area contributed by atoms with Crippen molar-refractivity contribution in [3.8, 4) is 0 Å². The van der Waals surface area contributed by atoms with Gasteiger partial charge in [-0.05, 0) is 43.9 Å². The third-order valence-corrected chi connectivity index (χ3v) is 2.90. The first kappa shape index (κ1) is 12.8. The van der Waals surface area contributed by atoms with Crippen molar-refractivity contribution >= 4 is 0 Å². The lowest BCUT2D eigenvalue weighted by molar-refractivity contribution is -0.345. The molecule has 1 aliphatic rings. The van der Waals surface area contributed by atoms with E-state index in [1.165, 1.54) is 0 Å². The maximum atomic E-state index is 11.9. The Morgan fingerprint density at radius 1 is 1.13 bits per heavy atom. The van der Waals surface area contributed by atoms with Crippen LogP contribution < -0.4 is 0 Å². The van der Waals surface area contributed by atoms with E-state index in [4.69, 9.17) is 0 Å². The maximum absolute atomic E-state index is 11.9. The fourth-order valence-corrected chi connectivity index (χ4v) is 2.34. The van der Waals surface area contributed by atoms with Gasteiger partial charge in [0.1, 0.15) is 0 Å². The molecule has 0 aliphatic heterocycles. The van der Waals surface area contributed by atoms with Gasteiger partial charge in [0.15, 0.2) is 0 Å². The van der Waals surface area contributed by atoms with E-state index < -0.39 is 12.5 Å². The standard InChI is InChI=1S/C11H19F3O/c1-8(2)7-9-3-5-10(6-4-9)15-11(12,13)14/h8-10H,3-7H2,1-2H3/t9-,10-. The van der Waals surface area contributed by atoms with Gasteiger partial charge in [-0.1, -0.05) is 13.8 Å². The van der Waals surface area contributed by atoms with Crippen molar-refractivity contribution in [2.45, 2.75) is 58.4 Å². The van der Waals surface area contributed by atoms with Crippen molar-refractivity contribution < 1.29 is 17.9 Å². The number of halogens is 3. The zero-order valence-corrected chi connectivity index (χ0v) is 9.31. The van der Waals surface area contributed by atoms with Gasteiger partial charge in [0.2, 0.25) is 0 Å². The van der Waals surface area contributed by atoms with Gasteiger partial charge < -0.3 is 0 Å². The van der Waals surface area contributed by atoms with E-state index in [0.29, 0.717) is 24.7 Å². The molecule has 1 nitrogen and oxygen atoms in total. The summed E-state index contributed by atoms with van der Waals surface area (Å²) in [5, 5.41) is 0. The largest absolute Gasteiger partial charge is 0.522 e. The molecule has 0 amide bonds. The van der Waals surface area contributed by atoms with Gasteiger partial charge in [0.25, 0.3) is 0 Å². The number of alkyl halides is 3. The predicted octanol–water partition coefficient (Wildman–Crippen LogP) is 4.13. The van der Waals surface area contributed by atoms with Crippen molar-refractivity contribution in [3.63, 3.8) is 0 Å². The van der Waals surface area contributed by atoms with Crippen LogP contribution in [-0.2, 0) is 4.74 Å². The lowest BCUT2D eigenvalue weighted by Gasteiger charge is -2.29. The summed E-state index contributed by atoms with van der Waals surface area (Å²) in [4.78, 5) is 0. The van der Waals surface area contributed by atoms with E-state index in [1.54, 1.807) is 0 Å². The molecule has 0 heterocycles. The van der Waals surface area contributed by atoms with Crippen LogP contribution in [0.15, 0.2) is 0 Å². The number of ether oxygens (including phenoxy) is 1. The Hall–Kier alpha value is -0.250. The summed E-state index contributed by atoms with van der Waals surface area (Å²) < 4.78 is 39.8. The summed E-state index contributed by atoms with van der Waals surface area (Å²) in [6, 6.07) is 0. The molecule has 0 N–H and O–H groups in total. The first-order valence-corrected chi connectivity index (χ1v) is 5.61. The molecule has 0 radical (unpaired) electrons. The van der Waals surface area contributed by atoms with Crippen molar-refractivity contribution in [1.82, 2.24) is 0 Å². The molecule has 4 heteroatoms. The van der Waals surface area contributed by atoms with Gasteiger partial charge in [-0.2, -0.15) is 0 Å². The van der Waals surface area contributed by atoms with Crippen LogP contribution in [0, 0.1) is 11.8 Å². The van der Waals surface area contributed by atoms with Gasteiger partial charge in [-0.15, -0.1) is 13.2 Å². The van der Waals surface area contributed by atoms with Crippen LogP contribution in [0.1, 0.15) is 46.0 Å². The minimum absolute atomic E-state index is 0.552. The summed E-state index contributed by atoms with van der Waals surface area (Å²) in [7, 11) is 0. The molecule has 0 unspecified atom stereocenters. The van der Waals surface area contributed by atoms with E-state index in [9.17, 15) is 13.2 Å². The summed E-state index contributed by atoms with van der Waals surface area (Å²) in [5.41, 5.74) is 0. The minimum atomic E-state index is -4.46. The Balaban J connectivity index is 2.24. The van der Waals surface area contributed by atoms with E-state index in [2.05, 4.69) is 18.6 Å². The molecular formula is C11H19F3O. The van der Waals surface area contributed by atoms with Crippen LogP contribution in [0.5, 0.6) is 0 Å². The average Bonchev–Trinajstić information content (AvgIpc) is 2.05. The SMILES string of the molecule is CC(C)C[C@H]1CC[C@H](OC(F)(F)F)CC1. The van der Waals surface area contributed by atoms with Crippen molar-refractivity contribution in [2.24, 2.45) is 11.8 Å². The fourth-order valence-electron chi connectivity index (χ4n) is 2.34. The third kappa shape index (κ3) is 5.40. The van der Waals surface area contributed by atoms with E-state index in [1.807, 2.05) is 0 Å². The first-order valence-electron chi connectivity index (χ1n) is 5.61. The molecular weight excluding hydrogens is 205 g/mol. The van der Waals surface area contributed by atoms with Crippen LogP contribution in [-0.4, -0.2) is 12.5 Å². The zero-order chi connectivity index (χ0) is 11.5. The van der Waals surface area contributed by atoms with Crippen LogP contribution in [0.25, 0.3) is 0 Å². The number of hydrogen-bond acceptors (Lipinski definition) is 1. The molecule has 1 fully saturated rings. The molecule has 0 aromatic rings. The highest BCUT2D eigenvalue weighted by Gasteiger charge is 2.35. The molecule has 0 bridgehead atoms. The van der Waals surface area contributed by atoms with E-state index in [-0.39, 0.29) is 0 Å². The van der Waals surface area contributed by atoms with E-state index >= 15 is 0 Å². The van der Waals surface area contributed by atoms with Gasteiger partial charge in [0.05, 0.1) is 6.10 Å². The quantitative estimate of drug-likeness (QED) is 0.700. The van der Waals surface area contributed by atoms with Gasteiger partial charge in [-0.3, -0.25) is 4.74 Å². The summed E-state index contributed by atoms with van der Waals surface area (Å²) in [6.07, 6.45) is -1.09. The molecule has 90 valence electrons. The normalized spacial score (nSPS) is 28.4. The highest BCUT2D eigenvalue weighted by molar-refractivity contribution is 4.73. The second-order valence-electron chi connectivity index (χ2n) is 4.84. The van der Waals surface area contributed by atoms with Gasteiger partial charge >= 0.3 is 6.36 Å². The maximum Gasteiger partial charge on any atom is 0.522 e. The summed E-state index contributed by atoms with van der Waals surface area (Å²) in [5.74, 6) is 1.23. The average molecular weight is 224 g/mol. The Kier molecular flexibility index (Phi) is 4.44. The molecule has 0 atom stereocenters. The number of hydrogen-bond donors (Lipinski definition) is 0. The summed E-state index contributed by atoms with van der Waals surface area (Å²) >= 11 is 0. The Labute approximate surface area is 89.0 Å². The summed E-state index contributed by atoms with van der Waals surface area (Å²) in [6.45, 7) is 4.30. The highest BCUT2D eigenvalue weighted by Crippen LogP contribution is 2.33. The second kappa shape index (κ2) is 5.19. The van der Waals surface area contributed by atoms with Gasteiger partial charge in [0, 0.05) is 0 Å². The van der Waals surface area contributed by atoms with Crippen molar-refractivity contribution in [1.29, 1.82) is 0 Å². The van der Waals surface area contributed by atoms with Crippen molar-refractivity contribution in [3.05, 3.63) is 0 Å². The number of rotatable bonds is 3. The molecule has 1 aliphatic carbocycles. The third-order valence-electron chi connectivity index (χ3n) is 2.90. The second-order valence-corrected chi connectivity index (χ2v) is 4.84. The Bertz CT molecular complexity index is 181. The molecule has 0 saturated heterocycles. The molecule has 1 saturated carbocycles. The molecule has 0 aromatic heterocycles. The Morgan fingerprint density at radius 3 is 2.07 bits per heavy atom. The van der Waals surface area contributed by atoms with Crippen LogP contribution >= 0.6 is 0 Å². The highest BCUT2D eigenvalue weighted by atomic mass is 19.4. The molecule has 15 heavy (non-hydrogen) atoms. The van der Waals surface area contributed by atoms with Crippen LogP contribution in [0.2, 0.25) is 0 Å². The molecule has 0 aromatic carbocycles. The minimum Gasteiger partial charge on any atom is -0.289 e. The van der Waals surface area contributed by atoms with Crippen LogP contribution in [0.4, 0.5) is 13.2 Å². The first-order chi connectivity index (χ1) is 6.87. The predicted molar refractivity (Wildman–Crippen MR) is 52.3 cm³/mol. The Morgan fingerprint density at radius 2 is 1.67 bits per heavy atom. The zero-order valence-electron chi connectivity index (χ0n) is 9.31. The molecule has 1 rings (SSSR count).